The van der Waals surface area contributed by atoms with Crippen LogP contribution >= 0.6 is 24.0 Å². The van der Waals surface area contributed by atoms with Crippen LogP contribution in [0.25, 0.3) is 0 Å². The Morgan fingerprint density at radius 1 is 1.06 bits per heavy atom. The highest BCUT2D eigenvalue weighted by atomic mass is 127. The number of carbonyl (C=O) groups is 1. The quantitative estimate of drug-likeness (QED) is 0.207. The summed E-state index contributed by atoms with van der Waals surface area (Å²) in [5, 5.41) is 20.1. The van der Waals surface area contributed by atoms with Crippen molar-refractivity contribution in [2.24, 2.45) is 4.99 Å². The average molecular weight is 553 g/mol. The molecule has 4 N–H and O–H groups in total. The Kier molecular flexibility index (Phi) is 12.3. The molecule has 1 unspecified atom stereocenters. The second-order valence-corrected chi connectivity index (χ2v) is 7.95. The zero-order valence-corrected chi connectivity index (χ0v) is 21.7. The fourth-order valence-electron chi connectivity index (χ4n) is 2.97. The van der Waals surface area contributed by atoms with E-state index in [2.05, 4.69) is 20.9 Å². The molecule has 0 aliphatic heterocycles. The van der Waals surface area contributed by atoms with Crippen molar-refractivity contribution in [1.29, 1.82) is 0 Å². The molecule has 0 fully saturated rings. The van der Waals surface area contributed by atoms with Crippen LogP contribution in [-0.4, -0.2) is 62.1 Å². The van der Waals surface area contributed by atoms with Gasteiger partial charge in [0.1, 0.15) is 5.60 Å². The lowest BCUT2D eigenvalue weighted by Gasteiger charge is -2.25. The molecule has 0 aliphatic rings. The first-order chi connectivity index (χ1) is 14.8. The predicted octanol–water partition coefficient (Wildman–Crippen LogP) is 2.56. The third-order valence-corrected chi connectivity index (χ3v) is 4.79. The summed E-state index contributed by atoms with van der Waals surface area (Å²) in [6, 6.07) is 17.0. The molecule has 0 radical (unpaired) electrons. The molecule has 0 saturated carbocycles. The number of amides is 1. The van der Waals surface area contributed by atoms with E-state index in [0.29, 0.717) is 37.7 Å². The Labute approximate surface area is 208 Å². The maximum Gasteiger partial charge on any atom is 0.251 e. The van der Waals surface area contributed by atoms with Gasteiger partial charge < -0.3 is 26.0 Å². The SMILES string of the molecule is CCNC(=NCc1cccc(C(=O)NCCN(C)C)c1)NCC(C)(O)c1ccccc1.I. The van der Waals surface area contributed by atoms with Gasteiger partial charge in [-0.25, -0.2) is 4.99 Å². The minimum absolute atomic E-state index is 0. The molecule has 0 spiro atoms. The second-order valence-electron chi connectivity index (χ2n) is 7.95. The lowest BCUT2D eigenvalue weighted by Crippen LogP contribution is -2.44. The third-order valence-electron chi connectivity index (χ3n) is 4.79. The number of halogens is 1. The van der Waals surface area contributed by atoms with Crippen molar-refractivity contribution >= 4 is 35.8 Å². The molecule has 7 nitrogen and oxygen atoms in total. The van der Waals surface area contributed by atoms with E-state index < -0.39 is 5.60 Å². The van der Waals surface area contributed by atoms with Crippen molar-refractivity contribution in [3.05, 3.63) is 71.3 Å². The summed E-state index contributed by atoms with van der Waals surface area (Å²) in [4.78, 5) is 19.0. The Balaban J connectivity index is 0.00000512. The number of carbonyl (C=O) groups excluding carboxylic acids is 1. The molecule has 0 saturated heterocycles. The van der Waals surface area contributed by atoms with Crippen molar-refractivity contribution in [2.75, 3.05) is 40.3 Å². The van der Waals surface area contributed by atoms with Gasteiger partial charge in [-0.2, -0.15) is 0 Å². The number of likely N-dealkylation sites (N-methyl/N-ethyl adjacent to an activating group) is 1. The Morgan fingerprint density at radius 2 is 1.78 bits per heavy atom. The highest BCUT2D eigenvalue weighted by Crippen LogP contribution is 2.18. The molecule has 8 heteroatoms. The second kappa shape index (κ2) is 14.1. The molecule has 0 heterocycles. The highest BCUT2D eigenvalue weighted by Gasteiger charge is 2.22. The number of nitrogens with zero attached hydrogens (tertiary/aromatic N) is 2. The zero-order valence-electron chi connectivity index (χ0n) is 19.4. The predicted molar refractivity (Wildman–Crippen MR) is 142 cm³/mol. The first-order valence-corrected chi connectivity index (χ1v) is 10.6. The van der Waals surface area contributed by atoms with Crippen LogP contribution in [0.3, 0.4) is 0 Å². The Hall–Kier alpha value is -2.17. The van der Waals surface area contributed by atoms with Crippen LogP contribution in [0.15, 0.2) is 59.6 Å². The molecular formula is C24H36IN5O2. The number of hydrogen-bond donors (Lipinski definition) is 4. The molecule has 0 aliphatic carbocycles. The fourth-order valence-corrected chi connectivity index (χ4v) is 2.97. The molecule has 0 bridgehead atoms. The van der Waals surface area contributed by atoms with Gasteiger partial charge in [0.15, 0.2) is 5.96 Å². The lowest BCUT2D eigenvalue weighted by atomic mass is 9.96. The van der Waals surface area contributed by atoms with E-state index in [9.17, 15) is 9.90 Å². The molecule has 1 amide bonds. The van der Waals surface area contributed by atoms with Crippen LogP contribution < -0.4 is 16.0 Å². The summed E-state index contributed by atoms with van der Waals surface area (Å²) >= 11 is 0. The van der Waals surface area contributed by atoms with E-state index in [1.54, 1.807) is 13.0 Å². The monoisotopic (exact) mass is 553 g/mol. The fraction of sp³-hybridized carbons (Fsp3) is 0.417. The largest absolute Gasteiger partial charge is 0.384 e. The van der Waals surface area contributed by atoms with Gasteiger partial charge in [0.2, 0.25) is 0 Å². The van der Waals surface area contributed by atoms with Gasteiger partial charge >= 0.3 is 0 Å². The van der Waals surface area contributed by atoms with Crippen molar-refractivity contribution in [2.45, 2.75) is 26.0 Å². The van der Waals surface area contributed by atoms with E-state index in [-0.39, 0.29) is 29.9 Å². The molecule has 2 aromatic rings. The van der Waals surface area contributed by atoms with Gasteiger partial charge in [-0.05, 0) is 51.2 Å². The van der Waals surface area contributed by atoms with E-state index in [4.69, 9.17) is 0 Å². The first-order valence-electron chi connectivity index (χ1n) is 10.6. The van der Waals surface area contributed by atoms with E-state index >= 15 is 0 Å². The topological polar surface area (TPSA) is 89.0 Å². The van der Waals surface area contributed by atoms with Crippen LogP contribution in [0.5, 0.6) is 0 Å². The van der Waals surface area contributed by atoms with Crippen LogP contribution in [0.4, 0.5) is 0 Å². The lowest BCUT2D eigenvalue weighted by molar-refractivity contribution is 0.0617. The van der Waals surface area contributed by atoms with Crippen molar-refractivity contribution < 1.29 is 9.90 Å². The van der Waals surface area contributed by atoms with Gasteiger partial charge in [-0.1, -0.05) is 42.5 Å². The molecule has 176 valence electrons. The number of hydrogen-bond acceptors (Lipinski definition) is 4. The average Bonchev–Trinajstić information content (AvgIpc) is 2.76. The van der Waals surface area contributed by atoms with Gasteiger partial charge in [-0.3, -0.25) is 4.79 Å². The molecule has 1 atom stereocenters. The molecule has 2 aromatic carbocycles. The minimum atomic E-state index is -1.03. The van der Waals surface area contributed by atoms with Crippen LogP contribution in [0, 0.1) is 0 Å². The first kappa shape index (κ1) is 27.9. The molecular weight excluding hydrogens is 517 g/mol. The number of rotatable bonds is 10. The van der Waals surface area contributed by atoms with Gasteiger partial charge in [0, 0.05) is 25.2 Å². The van der Waals surface area contributed by atoms with Crippen molar-refractivity contribution in [3.8, 4) is 0 Å². The van der Waals surface area contributed by atoms with Crippen LogP contribution in [0.1, 0.15) is 35.3 Å². The Morgan fingerprint density at radius 3 is 2.44 bits per heavy atom. The maximum atomic E-state index is 12.3. The summed E-state index contributed by atoms with van der Waals surface area (Å²) in [7, 11) is 3.94. The molecule has 0 aromatic heterocycles. The third kappa shape index (κ3) is 9.54. The minimum Gasteiger partial charge on any atom is -0.384 e. The van der Waals surface area contributed by atoms with Gasteiger partial charge in [0.25, 0.3) is 5.91 Å². The standard InChI is InChI=1S/C24H35N5O2.HI/c1-5-25-23(28-18-24(2,31)21-12-7-6-8-13-21)27-17-19-10-9-11-20(16-19)22(30)26-14-15-29(3)4;/h6-13,16,31H,5,14-15,17-18H2,1-4H3,(H,26,30)(H2,25,27,28);1H. The van der Waals surface area contributed by atoms with Crippen molar-refractivity contribution in [1.82, 2.24) is 20.9 Å². The summed E-state index contributed by atoms with van der Waals surface area (Å²) in [5.41, 5.74) is 1.37. The summed E-state index contributed by atoms with van der Waals surface area (Å²) in [5.74, 6) is 0.524. The molecule has 32 heavy (non-hydrogen) atoms. The summed E-state index contributed by atoms with van der Waals surface area (Å²) in [6.07, 6.45) is 0. The van der Waals surface area contributed by atoms with E-state index in [1.165, 1.54) is 0 Å². The van der Waals surface area contributed by atoms with E-state index in [1.807, 2.05) is 74.4 Å². The normalized spacial score (nSPS) is 13.1. The maximum absolute atomic E-state index is 12.3. The van der Waals surface area contributed by atoms with Crippen LogP contribution in [-0.2, 0) is 12.1 Å². The number of aliphatic imine (C=N–C) groups is 1. The van der Waals surface area contributed by atoms with Crippen molar-refractivity contribution in [3.63, 3.8) is 0 Å². The highest BCUT2D eigenvalue weighted by molar-refractivity contribution is 14.0. The number of benzene rings is 2. The number of aliphatic hydroxyl groups is 1. The number of guanidine groups is 1. The molecule has 2 rings (SSSR count). The zero-order chi connectivity index (χ0) is 22.7. The van der Waals surface area contributed by atoms with E-state index in [0.717, 1.165) is 17.7 Å². The smallest absolute Gasteiger partial charge is 0.251 e. The Bertz CT molecular complexity index is 856. The summed E-state index contributed by atoms with van der Waals surface area (Å²) < 4.78 is 0. The summed E-state index contributed by atoms with van der Waals surface area (Å²) in [6.45, 7) is 6.60. The van der Waals surface area contributed by atoms with Crippen LogP contribution in [0.2, 0.25) is 0 Å². The van der Waals surface area contributed by atoms with Gasteiger partial charge in [0.05, 0.1) is 13.1 Å². The number of nitrogens with one attached hydrogen (secondary N) is 3. The van der Waals surface area contributed by atoms with Gasteiger partial charge in [-0.15, -0.1) is 24.0 Å².